The maximum Gasteiger partial charge on any atom is 0.117 e. The first kappa shape index (κ1) is 13.9. The Bertz CT molecular complexity index is 727. The first-order chi connectivity index (χ1) is 10.3. The van der Waals surface area contributed by atoms with Gasteiger partial charge in [-0.15, -0.1) is 0 Å². The van der Waals surface area contributed by atoms with Crippen LogP contribution in [-0.2, 0) is 19.5 Å². The van der Waals surface area contributed by atoms with Crippen LogP contribution in [-0.4, -0.2) is 16.6 Å². The summed E-state index contributed by atoms with van der Waals surface area (Å²) in [5.41, 5.74) is 2.26. The van der Waals surface area contributed by atoms with E-state index in [1.165, 1.54) is 5.52 Å². The Labute approximate surface area is 124 Å². The zero-order valence-corrected chi connectivity index (χ0v) is 12.6. The topological polar surface area (TPSA) is 43.0 Å². The zero-order chi connectivity index (χ0) is 14.7. The van der Waals surface area contributed by atoms with Gasteiger partial charge in [-0.1, -0.05) is 19.1 Å². The van der Waals surface area contributed by atoms with Gasteiger partial charge in [0.1, 0.15) is 17.3 Å². The summed E-state index contributed by atoms with van der Waals surface area (Å²) in [5.74, 6) is 3.00. The van der Waals surface area contributed by atoms with Crippen molar-refractivity contribution in [1.29, 1.82) is 0 Å². The molecule has 0 bridgehead atoms. The van der Waals surface area contributed by atoms with Gasteiger partial charge in [-0.25, -0.2) is 4.98 Å². The molecule has 1 N–H and O–H groups in total. The summed E-state index contributed by atoms with van der Waals surface area (Å²) < 4.78 is 8.14. The van der Waals surface area contributed by atoms with Crippen LogP contribution in [0.2, 0.25) is 0 Å². The Morgan fingerprint density at radius 2 is 1.95 bits per heavy atom. The van der Waals surface area contributed by atoms with Gasteiger partial charge in [-0.2, -0.15) is 0 Å². The Balaban J connectivity index is 1.93. The molecule has 0 saturated heterocycles. The van der Waals surface area contributed by atoms with Crippen molar-refractivity contribution in [2.75, 3.05) is 7.05 Å². The van der Waals surface area contributed by atoms with Crippen LogP contribution in [0.15, 0.2) is 40.8 Å². The lowest BCUT2D eigenvalue weighted by atomic mass is 10.3. The number of aryl methyl sites for hydroxylation is 1. The molecule has 110 valence electrons. The average Bonchev–Trinajstić information content (AvgIpc) is 3.06. The van der Waals surface area contributed by atoms with E-state index < -0.39 is 0 Å². The van der Waals surface area contributed by atoms with E-state index in [9.17, 15) is 0 Å². The van der Waals surface area contributed by atoms with Gasteiger partial charge in [0.25, 0.3) is 0 Å². The Kier molecular flexibility index (Phi) is 4.06. The fourth-order valence-electron chi connectivity index (χ4n) is 2.68. The highest BCUT2D eigenvalue weighted by Gasteiger charge is 2.12. The third-order valence-corrected chi connectivity index (χ3v) is 3.58. The van der Waals surface area contributed by atoms with Crippen LogP contribution in [0, 0.1) is 0 Å². The molecule has 0 amide bonds. The van der Waals surface area contributed by atoms with Crippen LogP contribution >= 0.6 is 0 Å². The van der Waals surface area contributed by atoms with Crippen LogP contribution < -0.4 is 5.32 Å². The van der Waals surface area contributed by atoms with Crippen molar-refractivity contribution in [2.45, 2.75) is 32.9 Å². The lowest BCUT2D eigenvalue weighted by Gasteiger charge is -2.06. The second-order valence-electron chi connectivity index (χ2n) is 5.24. The monoisotopic (exact) mass is 283 g/mol. The number of rotatable bonds is 6. The summed E-state index contributed by atoms with van der Waals surface area (Å²) in [6.07, 6.45) is 1.83. The molecule has 0 aliphatic heterocycles. The normalized spacial score (nSPS) is 11.3. The van der Waals surface area contributed by atoms with Gasteiger partial charge in [-0.05, 0) is 37.7 Å². The smallest absolute Gasteiger partial charge is 0.117 e. The summed E-state index contributed by atoms with van der Waals surface area (Å²) in [4.78, 5) is 4.77. The van der Waals surface area contributed by atoms with Crippen molar-refractivity contribution in [3.05, 3.63) is 53.7 Å². The molecule has 4 nitrogen and oxygen atoms in total. The van der Waals surface area contributed by atoms with Crippen molar-refractivity contribution in [1.82, 2.24) is 14.9 Å². The van der Waals surface area contributed by atoms with Crippen molar-refractivity contribution in [2.24, 2.45) is 0 Å². The van der Waals surface area contributed by atoms with Crippen molar-refractivity contribution >= 4 is 11.0 Å². The minimum Gasteiger partial charge on any atom is -0.464 e. The molecule has 4 heteroatoms. The highest BCUT2D eigenvalue weighted by molar-refractivity contribution is 5.75. The first-order valence-electron chi connectivity index (χ1n) is 7.48. The molecule has 0 fully saturated rings. The van der Waals surface area contributed by atoms with Gasteiger partial charge in [-0.3, -0.25) is 0 Å². The summed E-state index contributed by atoms with van der Waals surface area (Å²) in [5, 5.41) is 3.10. The van der Waals surface area contributed by atoms with Gasteiger partial charge in [0.05, 0.1) is 24.0 Å². The Morgan fingerprint density at radius 3 is 2.76 bits per heavy atom. The molecule has 3 rings (SSSR count). The van der Waals surface area contributed by atoms with Crippen LogP contribution in [0.3, 0.4) is 0 Å². The van der Waals surface area contributed by atoms with E-state index in [2.05, 4.69) is 35.0 Å². The molecule has 21 heavy (non-hydrogen) atoms. The number of imidazole rings is 1. The molecule has 0 saturated carbocycles. The number of hydrogen-bond acceptors (Lipinski definition) is 3. The number of benzene rings is 1. The SMILES string of the molecule is CCCn1c(Cc2ccc(CNC)o2)nc2ccccc21. The number of nitrogens with one attached hydrogen (secondary N) is 1. The minimum atomic E-state index is 0.735. The van der Waals surface area contributed by atoms with Gasteiger partial charge in [0.2, 0.25) is 0 Å². The molecule has 0 aliphatic carbocycles. The van der Waals surface area contributed by atoms with E-state index in [-0.39, 0.29) is 0 Å². The van der Waals surface area contributed by atoms with Crippen LogP contribution in [0.4, 0.5) is 0 Å². The number of nitrogens with zero attached hydrogens (tertiary/aromatic N) is 2. The molecule has 0 unspecified atom stereocenters. The molecule has 0 aliphatic rings. The Morgan fingerprint density at radius 1 is 1.14 bits per heavy atom. The zero-order valence-electron chi connectivity index (χ0n) is 12.6. The van der Waals surface area contributed by atoms with Gasteiger partial charge < -0.3 is 14.3 Å². The fourth-order valence-corrected chi connectivity index (χ4v) is 2.68. The minimum absolute atomic E-state index is 0.735. The second-order valence-corrected chi connectivity index (χ2v) is 5.24. The van der Waals surface area contributed by atoms with Gasteiger partial charge >= 0.3 is 0 Å². The number of hydrogen-bond donors (Lipinski definition) is 1. The number of aromatic nitrogens is 2. The van der Waals surface area contributed by atoms with E-state index in [1.54, 1.807) is 0 Å². The predicted molar refractivity (Wildman–Crippen MR) is 84.3 cm³/mol. The summed E-state index contributed by atoms with van der Waals surface area (Å²) in [6, 6.07) is 12.4. The largest absolute Gasteiger partial charge is 0.464 e. The van der Waals surface area contributed by atoms with Crippen molar-refractivity contribution in [3.63, 3.8) is 0 Å². The highest BCUT2D eigenvalue weighted by Crippen LogP contribution is 2.20. The van der Waals surface area contributed by atoms with Crippen LogP contribution in [0.1, 0.15) is 30.7 Å². The van der Waals surface area contributed by atoms with E-state index in [0.29, 0.717) is 0 Å². The van der Waals surface area contributed by atoms with Crippen LogP contribution in [0.25, 0.3) is 11.0 Å². The average molecular weight is 283 g/mol. The maximum absolute atomic E-state index is 5.84. The molecule has 0 atom stereocenters. The van der Waals surface area contributed by atoms with E-state index in [1.807, 2.05) is 25.2 Å². The quantitative estimate of drug-likeness (QED) is 0.754. The summed E-state index contributed by atoms with van der Waals surface area (Å²) in [7, 11) is 1.92. The molecular formula is C17H21N3O. The van der Waals surface area contributed by atoms with Gasteiger partial charge in [0.15, 0.2) is 0 Å². The van der Waals surface area contributed by atoms with Crippen molar-refractivity contribution in [3.8, 4) is 0 Å². The lowest BCUT2D eigenvalue weighted by Crippen LogP contribution is -2.04. The molecular weight excluding hydrogens is 262 g/mol. The Hall–Kier alpha value is -2.07. The molecule has 0 radical (unpaired) electrons. The molecule has 1 aromatic carbocycles. The highest BCUT2D eigenvalue weighted by atomic mass is 16.3. The van der Waals surface area contributed by atoms with Crippen LogP contribution in [0.5, 0.6) is 0 Å². The molecule has 0 spiro atoms. The van der Waals surface area contributed by atoms with E-state index >= 15 is 0 Å². The fraction of sp³-hybridized carbons (Fsp3) is 0.353. The maximum atomic E-state index is 5.84. The standard InChI is InChI=1S/C17H21N3O/c1-3-10-20-16-7-5-4-6-15(16)19-17(20)11-13-8-9-14(21-13)12-18-2/h4-9,18H,3,10-12H2,1-2H3. The number of furan rings is 1. The third-order valence-electron chi connectivity index (χ3n) is 3.58. The van der Waals surface area contributed by atoms with Crippen molar-refractivity contribution < 1.29 is 4.42 Å². The number of para-hydroxylation sites is 2. The van der Waals surface area contributed by atoms with E-state index in [0.717, 1.165) is 48.8 Å². The summed E-state index contributed by atoms with van der Waals surface area (Å²) in [6.45, 7) is 3.93. The molecule has 2 aromatic heterocycles. The second kappa shape index (κ2) is 6.14. The third kappa shape index (κ3) is 2.85. The summed E-state index contributed by atoms with van der Waals surface area (Å²) >= 11 is 0. The first-order valence-corrected chi connectivity index (χ1v) is 7.48. The molecule has 2 heterocycles. The van der Waals surface area contributed by atoms with E-state index in [4.69, 9.17) is 9.40 Å². The predicted octanol–water partition coefficient (Wildman–Crippen LogP) is 3.35. The van der Waals surface area contributed by atoms with Gasteiger partial charge in [0, 0.05) is 6.54 Å². The molecule has 3 aromatic rings. The number of fused-ring (bicyclic) bond motifs is 1. The lowest BCUT2D eigenvalue weighted by molar-refractivity contribution is 0.457.